The van der Waals surface area contributed by atoms with Crippen molar-refractivity contribution in [2.24, 2.45) is 17.4 Å². The molecule has 6 aromatic rings. The molecule has 694 valence electrons. The third-order valence-electron chi connectivity index (χ3n) is 22.6. The number of hydrogen-bond donors (Lipinski definition) is 18. The number of primary amides is 1. The molecule has 0 radical (unpaired) electrons. The second kappa shape index (κ2) is 49.2. The van der Waals surface area contributed by atoms with Crippen LogP contribution in [0.25, 0.3) is 21.8 Å². The van der Waals surface area contributed by atoms with Gasteiger partial charge in [0.25, 0.3) is 0 Å². The van der Waals surface area contributed by atoms with Gasteiger partial charge in [-0.1, -0.05) is 120 Å². The molecule has 8 rings (SSSR count). The maximum absolute atomic E-state index is 15.7. The van der Waals surface area contributed by atoms with Crippen molar-refractivity contribution in [1.29, 1.82) is 5.41 Å². The summed E-state index contributed by atoms with van der Waals surface area (Å²) in [5, 5.41) is 49.6. The molecular weight excluding hydrogens is 1670 g/mol. The van der Waals surface area contributed by atoms with Crippen LogP contribution in [0.4, 0.5) is 0 Å². The number of rotatable bonds is 24. The van der Waals surface area contributed by atoms with Crippen LogP contribution >= 0.6 is 11.8 Å². The largest absolute Gasteiger partial charge is 0.394 e. The Hall–Kier alpha value is -13.0. The van der Waals surface area contributed by atoms with Gasteiger partial charge in [0.05, 0.1) is 38.3 Å². The number of aliphatic hydroxyl groups is 1. The summed E-state index contributed by atoms with van der Waals surface area (Å²) in [6.07, 6.45) is 7.44. The van der Waals surface area contributed by atoms with Gasteiger partial charge in [-0.25, -0.2) is 4.98 Å². The van der Waals surface area contributed by atoms with Gasteiger partial charge in [0.15, 0.2) is 5.96 Å². The van der Waals surface area contributed by atoms with E-state index in [2.05, 4.69) is 78.4 Å². The number of H-pyrrole nitrogens is 3. The second-order valence-corrected chi connectivity index (χ2v) is 33.7. The number of nitrogens with zero attached hydrogens (tertiary/aromatic N) is 6. The van der Waals surface area contributed by atoms with Crippen molar-refractivity contribution >= 4 is 134 Å². The fraction of sp³-hybridized carbons (Fsp3) is 0.517. The molecule has 2 aliphatic rings. The van der Waals surface area contributed by atoms with Gasteiger partial charge in [-0.05, 0) is 86.6 Å². The zero-order valence-corrected chi connectivity index (χ0v) is 74.6. The lowest BCUT2D eigenvalue weighted by atomic mass is 10.00. The van der Waals surface area contributed by atoms with E-state index >= 15 is 24.0 Å². The van der Waals surface area contributed by atoms with Gasteiger partial charge in [0.1, 0.15) is 72.5 Å². The molecule has 2 fully saturated rings. The lowest BCUT2D eigenvalue weighted by molar-refractivity contribution is -0.149. The molecular formula is C87H123N23O17S. The standard InChI is InChI=1S/C87H123N23O17S/c1-10-12-30-68-81(122)100-60(29-21-33-92-87(89)90)77(118)105-67(76(117)95-43-71(88)112)47-128-48-73(114)99-64(36-52-23-15-14-16-24-52)84(125)107(7)51(5)75(116)96-44-74(115)110-34-22-32-69(110)82(123)101-62(39-55-42-91-49-97-55)79(120)102-63(35-50(3)4)83(124)106(6)45-72(113)98-61(37-53-40-93-58-27-19-17-25-56(53)58)78(119)104-66(46-111)80(121)103-65(38-54-41-94-59-28-20-18-26-57(54)59)85(126)109(9)70(31-13-11-2)86(127)108(68)8/h14-20,23-28,40-42,49-51,60-70,93-94,111H,10-13,21-22,29-39,43-48H2,1-9H3,(H2,88,112)(H,91,97)(H,95,117)(H,96,116)(H,98,113)(H,99,114)(H,100,122)(H,101,123)(H,102,120)(H,103,121)(H,104,119)(H,105,118)(H4,89,90,92). The Morgan fingerprint density at radius 3 is 1.73 bits per heavy atom. The number of hydrogen-bond acceptors (Lipinski definition) is 20. The molecule has 16 amide bonds. The first-order valence-corrected chi connectivity index (χ1v) is 44.2. The van der Waals surface area contributed by atoms with Gasteiger partial charge in [0, 0.05) is 119 Å². The number of thioether (sulfide) groups is 1. The van der Waals surface area contributed by atoms with E-state index < -0.39 is 205 Å². The Kier molecular flexibility index (Phi) is 38.6. The average Bonchev–Trinajstić information content (AvgIpc) is 1.65. The average molecular weight is 1800 g/mol. The molecule has 2 aliphatic heterocycles. The highest BCUT2D eigenvalue weighted by Gasteiger charge is 2.42. The predicted octanol–water partition coefficient (Wildman–Crippen LogP) is -1.38. The van der Waals surface area contributed by atoms with Crippen LogP contribution in [0.5, 0.6) is 0 Å². The number of amides is 16. The maximum atomic E-state index is 15.7. The van der Waals surface area contributed by atoms with Crippen molar-refractivity contribution in [1.82, 2.24) is 103 Å². The lowest BCUT2D eigenvalue weighted by Gasteiger charge is -2.36. The highest BCUT2D eigenvalue weighted by Crippen LogP contribution is 2.26. The minimum absolute atomic E-state index is 0.0120. The molecule has 5 heterocycles. The Labute approximate surface area is 746 Å². The monoisotopic (exact) mass is 1790 g/mol. The number of nitrogens with one attached hydrogen (secondary N) is 15. The molecule has 12 unspecified atom stereocenters. The van der Waals surface area contributed by atoms with E-state index in [1.807, 2.05) is 13.8 Å². The van der Waals surface area contributed by atoms with E-state index in [1.54, 1.807) is 105 Å². The molecule has 128 heavy (non-hydrogen) atoms. The number of benzene rings is 3. The minimum atomic E-state index is -1.83. The van der Waals surface area contributed by atoms with Crippen molar-refractivity contribution in [3.8, 4) is 0 Å². The van der Waals surface area contributed by atoms with E-state index in [1.165, 1.54) is 57.4 Å². The van der Waals surface area contributed by atoms with Crippen LogP contribution in [0.3, 0.4) is 0 Å². The molecule has 0 spiro atoms. The van der Waals surface area contributed by atoms with Crippen molar-refractivity contribution in [2.75, 3.05) is 79.0 Å². The van der Waals surface area contributed by atoms with Crippen molar-refractivity contribution in [3.05, 3.63) is 126 Å². The summed E-state index contributed by atoms with van der Waals surface area (Å²) in [6.45, 7) is 5.66. The maximum Gasteiger partial charge on any atom is 0.245 e. The van der Waals surface area contributed by atoms with Crippen LogP contribution < -0.4 is 70.0 Å². The summed E-state index contributed by atoms with van der Waals surface area (Å²) < 4.78 is 0. The fourth-order valence-electron chi connectivity index (χ4n) is 15.3. The van der Waals surface area contributed by atoms with E-state index in [4.69, 9.17) is 16.9 Å². The van der Waals surface area contributed by atoms with E-state index in [0.29, 0.717) is 76.3 Å². The number of carbonyl (C=O) groups excluding carboxylic acids is 16. The van der Waals surface area contributed by atoms with E-state index in [9.17, 15) is 57.8 Å². The summed E-state index contributed by atoms with van der Waals surface area (Å²) in [5.74, 6) is -15.0. The first kappa shape index (κ1) is 100. The number of para-hydroxylation sites is 2. The molecule has 20 N–H and O–H groups in total. The number of nitrogens with two attached hydrogens (primary N) is 2. The molecule has 41 heteroatoms. The molecule has 0 aliphatic carbocycles. The van der Waals surface area contributed by atoms with Crippen LogP contribution in [0.1, 0.15) is 128 Å². The van der Waals surface area contributed by atoms with Gasteiger partial charge < -0.3 is 115 Å². The van der Waals surface area contributed by atoms with E-state index in [-0.39, 0.29) is 89.0 Å². The topological polar surface area (TPSA) is 578 Å². The number of imidazole rings is 1. The van der Waals surface area contributed by atoms with E-state index in [0.717, 1.165) is 26.5 Å². The second-order valence-electron chi connectivity index (χ2n) is 32.7. The van der Waals surface area contributed by atoms with Crippen LogP contribution in [0.15, 0.2) is 104 Å². The zero-order chi connectivity index (χ0) is 93.4. The highest BCUT2D eigenvalue weighted by atomic mass is 32.2. The Morgan fingerprint density at radius 2 is 1.12 bits per heavy atom. The summed E-state index contributed by atoms with van der Waals surface area (Å²) in [7, 11) is 5.36. The summed E-state index contributed by atoms with van der Waals surface area (Å²) in [4.78, 5) is 252. The fourth-order valence-corrected chi connectivity index (χ4v) is 16.2. The van der Waals surface area contributed by atoms with Gasteiger partial charge in [-0.2, -0.15) is 0 Å². The number of guanidine groups is 1. The van der Waals surface area contributed by atoms with Crippen LogP contribution in [-0.4, -0.2) is 302 Å². The van der Waals surface area contributed by atoms with Crippen molar-refractivity contribution in [2.45, 2.75) is 203 Å². The summed E-state index contributed by atoms with van der Waals surface area (Å²) in [6, 6.07) is 5.58. The zero-order valence-electron chi connectivity index (χ0n) is 73.8. The van der Waals surface area contributed by atoms with Gasteiger partial charge in [-0.15, -0.1) is 11.8 Å². The SMILES string of the molecule is CCCCC1C(=O)N(C)C(CCCC)C(=O)NC(CCCNC(=N)N)C(=O)NC(C(=O)NCC(N)=O)CSCC(=O)NC(Cc2ccccc2)C(=O)N(C)C(C)C(=O)NCC(=O)N2CCCC2C(=O)NC(Cc2cnc[nH]2)C(=O)NC(CC(C)C)C(=O)N(C)CC(=O)NC(Cc2c[nH]c3ccccc23)C(=O)NC(CO)C(=O)NC(Cc2c[nH]c3ccccc23)C(=O)N1C. The number of carbonyl (C=O) groups is 16. The number of aromatic amines is 3. The first-order chi connectivity index (χ1) is 61.1. The summed E-state index contributed by atoms with van der Waals surface area (Å²) in [5.41, 5.74) is 14.5. The number of aromatic nitrogens is 4. The molecule has 3 aromatic carbocycles. The molecule has 3 aromatic heterocycles. The number of fused-ring (bicyclic) bond motifs is 3. The molecule has 0 saturated carbocycles. The molecule has 0 bridgehead atoms. The smallest absolute Gasteiger partial charge is 0.245 e. The molecule has 12 atom stereocenters. The minimum Gasteiger partial charge on any atom is -0.394 e. The summed E-state index contributed by atoms with van der Waals surface area (Å²) >= 11 is 0.828. The van der Waals surface area contributed by atoms with Crippen molar-refractivity contribution < 1.29 is 81.8 Å². The predicted molar refractivity (Wildman–Crippen MR) is 477 cm³/mol. The van der Waals surface area contributed by atoms with Gasteiger partial charge in [0.2, 0.25) is 94.5 Å². The lowest BCUT2D eigenvalue weighted by Crippen LogP contribution is -2.61. The van der Waals surface area contributed by atoms with Crippen LogP contribution in [-0.2, 0) is 102 Å². The number of likely N-dealkylation sites (N-methyl/N-ethyl adjacent to an activating group) is 4. The van der Waals surface area contributed by atoms with Crippen molar-refractivity contribution in [3.63, 3.8) is 0 Å². The quantitative estimate of drug-likeness (QED) is 0.0189. The first-order valence-electron chi connectivity index (χ1n) is 43.1. The Balaban J connectivity index is 1.16. The normalized spacial score (nSPS) is 23.3. The Bertz CT molecular complexity index is 4870. The third-order valence-corrected chi connectivity index (χ3v) is 23.6. The van der Waals surface area contributed by atoms with Crippen LogP contribution in [0, 0.1) is 11.3 Å². The van der Waals surface area contributed by atoms with Gasteiger partial charge >= 0.3 is 0 Å². The molecule has 40 nitrogen and oxygen atoms in total. The molecule has 2 saturated heterocycles. The van der Waals surface area contributed by atoms with Gasteiger partial charge in [-0.3, -0.25) is 82.1 Å². The third kappa shape index (κ3) is 29.0. The number of aliphatic hydroxyl groups excluding tert-OH is 1. The Morgan fingerprint density at radius 1 is 0.570 bits per heavy atom. The number of unbranched alkanes of at least 4 members (excludes halogenated alkanes) is 2. The highest BCUT2D eigenvalue weighted by molar-refractivity contribution is 8.00. The van der Waals surface area contributed by atoms with Crippen LogP contribution in [0.2, 0.25) is 0 Å².